The summed E-state index contributed by atoms with van der Waals surface area (Å²) < 4.78 is 60.4. The number of benzene rings is 3. The summed E-state index contributed by atoms with van der Waals surface area (Å²) in [6.07, 6.45) is -1.05. The minimum absolute atomic E-state index is 0.130. The van der Waals surface area contributed by atoms with Crippen molar-refractivity contribution in [3.8, 4) is 11.8 Å². The Hall–Kier alpha value is -3.80. The molecule has 43 heavy (non-hydrogen) atoms. The van der Waals surface area contributed by atoms with Crippen LogP contribution in [-0.4, -0.2) is 15.7 Å². The second-order valence-electron chi connectivity index (χ2n) is 10.5. The molecule has 0 aliphatic heterocycles. The van der Waals surface area contributed by atoms with Gasteiger partial charge < -0.3 is 11.1 Å². The lowest BCUT2D eigenvalue weighted by Crippen LogP contribution is -2.38. The Morgan fingerprint density at radius 2 is 1.81 bits per heavy atom. The number of carbonyl (C=O) groups excluding carboxylic acids is 1. The molecular formula is C31H27F4IN6O. The van der Waals surface area contributed by atoms with Crippen LogP contribution in [-0.2, 0) is 18.3 Å². The molecule has 1 heterocycles. The Morgan fingerprint density at radius 3 is 2.49 bits per heavy atom. The predicted molar refractivity (Wildman–Crippen MR) is 162 cm³/mol. The SMILES string of the molecule is N#Cc1cccc(C(CCC2CC2)(NI)c2ccc(F)c(NC(=O)c3cc(C(F)(F)F)nn3-c3cccc(CN)c3)c2)c1. The molecule has 1 unspecified atom stereocenters. The highest BCUT2D eigenvalue weighted by Gasteiger charge is 2.38. The van der Waals surface area contributed by atoms with Gasteiger partial charge in [0.2, 0.25) is 0 Å². The van der Waals surface area contributed by atoms with E-state index in [9.17, 15) is 23.2 Å². The molecule has 222 valence electrons. The van der Waals surface area contributed by atoms with Crippen molar-refractivity contribution in [1.29, 1.82) is 5.26 Å². The molecule has 0 saturated heterocycles. The number of rotatable bonds is 10. The van der Waals surface area contributed by atoms with Gasteiger partial charge in [-0.1, -0.05) is 43.2 Å². The van der Waals surface area contributed by atoms with Crippen molar-refractivity contribution in [3.05, 3.63) is 112 Å². The van der Waals surface area contributed by atoms with Gasteiger partial charge in [-0.15, -0.1) is 0 Å². The number of anilines is 1. The van der Waals surface area contributed by atoms with Gasteiger partial charge in [0.1, 0.15) is 11.5 Å². The van der Waals surface area contributed by atoms with E-state index in [1.165, 1.54) is 24.3 Å². The van der Waals surface area contributed by atoms with E-state index >= 15 is 4.39 Å². The average Bonchev–Trinajstić information content (AvgIpc) is 3.72. The Bertz CT molecular complexity index is 1690. The number of aromatic nitrogens is 2. The van der Waals surface area contributed by atoms with Crippen molar-refractivity contribution in [1.82, 2.24) is 13.3 Å². The standard InChI is InChI=1S/C31H27F4IN6O/c32-25-10-9-23(30(41-36,12-11-19-7-8-19)22-5-1-3-20(13-22)17-37)15-26(25)39-29(43)27-16-28(31(33,34)35)40-42(27)24-6-2-4-21(14-24)18-38/h1-6,9-10,13-16,19,41H,7-8,11-12,18,38H2,(H,39,43). The van der Waals surface area contributed by atoms with Gasteiger partial charge in [-0.25, -0.2) is 12.6 Å². The zero-order valence-electron chi connectivity index (χ0n) is 22.8. The van der Waals surface area contributed by atoms with Gasteiger partial charge in [0.05, 0.1) is 28.5 Å². The van der Waals surface area contributed by atoms with Crippen LogP contribution >= 0.6 is 22.9 Å². The summed E-state index contributed by atoms with van der Waals surface area (Å²) in [5.41, 5.74) is 5.65. The first-order chi connectivity index (χ1) is 20.6. The fraction of sp³-hybridized carbons (Fsp3) is 0.258. The van der Waals surface area contributed by atoms with E-state index in [0.29, 0.717) is 35.1 Å². The van der Waals surface area contributed by atoms with Crippen LogP contribution < -0.4 is 14.6 Å². The van der Waals surface area contributed by atoms with Gasteiger partial charge in [0, 0.05) is 35.5 Å². The average molecular weight is 702 g/mol. The lowest BCUT2D eigenvalue weighted by molar-refractivity contribution is -0.141. The maximum absolute atomic E-state index is 15.2. The highest BCUT2D eigenvalue weighted by Crippen LogP contribution is 2.42. The van der Waals surface area contributed by atoms with Crippen molar-refractivity contribution in [2.45, 2.75) is 43.9 Å². The van der Waals surface area contributed by atoms with Gasteiger partial charge in [0.25, 0.3) is 5.91 Å². The van der Waals surface area contributed by atoms with E-state index in [-0.39, 0.29) is 17.9 Å². The third-order valence-electron chi connectivity index (χ3n) is 7.60. The number of hydrogen-bond acceptors (Lipinski definition) is 5. The fourth-order valence-electron chi connectivity index (χ4n) is 5.06. The maximum Gasteiger partial charge on any atom is 0.435 e. The number of nitrogens with zero attached hydrogens (tertiary/aromatic N) is 3. The molecule has 0 radical (unpaired) electrons. The molecule has 7 nitrogen and oxygen atoms in total. The normalized spacial score (nSPS) is 14.6. The second-order valence-corrected chi connectivity index (χ2v) is 11.1. The monoisotopic (exact) mass is 702 g/mol. The lowest BCUT2D eigenvalue weighted by Gasteiger charge is -2.34. The molecule has 1 aromatic heterocycles. The van der Waals surface area contributed by atoms with Crippen LogP contribution in [0.5, 0.6) is 0 Å². The first kappa shape index (κ1) is 30.7. The minimum Gasteiger partial charge on any atom is -0.326 e. The third kappa shape index (κ3) is 6.58. The number of nitrogens with one attached hydrogen (secondary N) is 2. The summed E-state index contributed by atoms with van der Waals surface area (Å²) in [4.78, 5) is 13.5. The zero-order chi connectivity index (χ0) is 30.8. The number of amides is 1. The molecule has 1 aliphatic rings. The van der Waals surface area contributed by atoms with E-state index in [1.807, 2.05) is 28.9 Å². The number of halogens is 5. The molecule has 4 aromatic rings. The van der Waals surface area contributed by atoms with Gasteiger partial charge >= 0.3 is 6.18 Å². The van der Waals surface area contributed by atoms with Gasteiger partial charge in [-0.2, -0.15) is 23.5 Å². The maximum atomic E-state index is 15.2. The van der Waals surface area contributed by atoms with Crippen molar-refractivity contribution < 1.29 is 22.4 Å². The number of nitriles is 1. The molecule has 3 aromatic carbocycles. The van der Waals surface area contributed by atoms with Crippen molar-refractivity contribution >= 4 is 34.5 Å². The molecule has 1 amide bonds. The first-order valence-electron chi connectivity index (χ1n) is 13.5. The zero-order valence-corrected chi connectivity index (χ0v) is 24.9. The number of nitrogens with two attached hydrogens (primary N) is 1. The van der Waals surface area contributed by atoms with E-state index in [1.54, 1.807) is 36.4 Å². The molecular weight excluding hydrogens is 675 g/mol. The van der Waals surface area contributed by atoms with E-state index < -0.39 is 34.8 Å². The molecule has 1 fully saturated rings. The summed E-state index contributed by atoms with van der Waals surface area (Å²) in [5.74, 6) is -1.17. The van der Waals surface area contributed by atoms with Crippen LogP contribution in [0.2, 0.25) is 0 Å². The predicted octanol–water partition coefficient (Wildman–Crippen LogP) is 6.99. The number of hydrogen-bond donors (Lipinski definition) is 3. The van der Waals surface area contributed by atoms with Crippen molar-refractivity contribution in [2.75, 3.05) is 5.32 Å². The van der Waals surface area contributed by atoms with Crippen LogP contribution in [0.3, 0.4) is 0 Å². The molecule has 1 aliphatic carbocycles. The second kappa shape index (κ2) is 12.4. The summed E-state index contributed by atoms with van der Waals surface area (Å²) in [7, 11) is 0. The van der Waals surface area contributed by atoms with Crippen molar-refractivity contribution in [2.24, 2.45) is 11.7 Å². The van der Waals surface area contributed by atoms with Crippen molar-refractivity contribution in [3.63, 3.8) is 0 Å². The Morgan fingerprint density at radius 1 is 1.07 bits per heavy atom. The fourth-order valence-corrected chi connectivity index (χ4v) is 5.95. The lowest BCUT2D eigenvalue weighted by atomic mass is 9.79. The Labute approximate surface area is 259 Å². The molecule has 12 heteroatoms. The van der Waals surface area contributed by atoms with Crippen LogP contribution in [0.15, 0.2) is 72.8 Å². The molecule has 4 N–H and O–H groups in total. The highest BCUT2D eigenvalue weighted by molar-refractivity contribution is 14.1. The Balaban J connectivity index is 1.55. The van der Waals surface area contributed by atoms with Crippen LogP contribution in [0.4, 0.5) is 23.2 Å². The molecule has 0 spiro atoms. The summed E-state index contributed by atoms with van der Waals surface area (Å²) in [5, 5.41) is 15.6. The van der Waals surface area contributed by atoms with Crippen LogP contribution in [0, 0.1) is 23.1 Å². The quantitative estimate of drug-likeness (QED) is 0.0939. The first-order valence-corrected chi connectivity index (χ1v) is 14.6. The van der Waals surface area contributed by atoms with Crippen LogP contribution in [0.25, 0.3) is 5.69 Å². The summed E-state index contributed by atoms with van der Waals surface area (Å²) in [6.45, 7) is 0.130. The van der Waals surface area contributed by atoms with E-state index in [0.717, 1.165) is 29.5 Å². The minimum atomic E-state index is -4.82. The van der Waals surface area contributed by atoms with Gasteiger partial charge in [-0.3, -0.25) is 4.79 Å². The largest absolute Gasteiger partial charge is 0.435 e. The van der Waals surface area contributed by atoms with E-state index in [2.05, 4.69) is 20.0 Å². The molecule has 0 bridgehead atoms. The molecule has 5 rings (SSSR count). The number of alkyl halides is 3. The topological polar surface area (TPSA) is 109 Å². The van der Waals surface area contributed by atoms with Gasteiger partial charge in [-0.05, 0) is 71.8 Å². The highest BCUT2D eigenvalue weighted by atomic mass is 127. The van der Waals surface area contributed by atoms with E-state index in [4.69, 9.17) is 5.73 Å². The number of carbonyl (C=O) groups is 1. The molecule has 1 saturated carbocycles. The smallest absolute Gasteiger partial charge is 0.326 e. The Kier molecular flexibility index (Phi) is 8.86. The summed E-state index contributed by atoms with van der Waals surface area (Å²) in [6, 6.07) is 20.5. The van der Waals surface area contributed by atoms with Gasteiger partial charge in [0.15, 0.2) is 5.69 Å². The third-order valence-corrected chi connectivity index (χ3v) is 8.52. The summed E-state index contributed by atoms with van der Waals surface area (Å²) >= 11 is 2.04. The van der Waals surface area contributed by atoms with Crippen LogP contribution in [0.1, 0.15) is 64.1 Å². The molecule has 1 atom stereocenters.